The molecule has 0 N–H and O–H groups in total. The van der Waals surface area contributed by atoms with Crippen molar-refractivity contribution in [2.45, 2.75) is 33.3 Å². The molecule has 6 nitrogen and oxygen atoms in total. The molecule has 0 bridgehead atoms. The minimum atomic E-state index is -2.12. The summed E-state index contributed by atoms with van der Waals surface area (Å²) in [7, 11) is 0. The maximum atomic E-state index is 13.3. The lowest BCUT2D eigenvalue weighted by atomic mass is 9.84. The first-order chi connectivity index (χ1) is 12.7. The van der Waals surface area contributed by atoms with Crippen LogP contribution < -0.4 is 4.74 Å². The number of benzene rings is 2. The Bertz CT molecular complexity index is 967. The molecule has 0 radical (unpaired) electrons. The number of esters is 2. The number of rotatable bonds is 3. The smallest absolute Gasteiger partial charge is 0.308 e. The highest BCUT2D eigenvalue weighted by atomic mass is 16.6. The molecule has 0 fully saturated rings. The van der Waals surface area contributed by atoms with E-state index in [1.807, 2.05) is 0 Å². The van der Waals surface area contributed by atoms with E-state index in [1.54, 1.807) is 38.1 Å². The SMILES string of the molecule is CC(=O)Oc1cc(C)cc(C2(OC(C)=O)C(=O)c3ccccc3C2=O)c1C. The number of Topliss-reactive ketones (excluding diaryl/α,β-unsaturated/α-hetero) is 2. The average molecular weight is 366 g/mol. The molecule has 27 heavy (non-hydrogen) atoms. The van der Waals surface area contributed by atoms with Crippen LogP contribution in [0.3, 0.4) is 0 Å². The molecule has 0 atom stereocenters. The molecule has 2 aromatic carbocycles. The molecular weight excluding hydrogens is 348 g/mol. The second-order valence-electron chi connectivity index (χ2n) is 6.51. The average Bonchev–Trinajstić information content (AvgIpc) is 2.80. The van der Waals surface area contributed by atoms with Crippen molar-refractivity contribution in [3.05, 3.63) is 64.2 Å². The van der Waals surface area contributed by atoms with Crippen molar-refractivity contribution >= 4 is 23.5 Å². The topological polar surface area (TPSA) is 86.7 Å². The number of hydrogen-bond donors (Lipinski definition) is 0. The van der Waals surface area contributed by atoms with Gasteiger partial charge in [-0.25, -0.2) is 0 Å². The lowest BCUT2D eigenvalue weighted by molar-refractivity contribution is -0.149. The van der Waals surface area contributed by atoms with E-state index >= 15 is 0 Å². The summed E-state index contributed by atoms with van der Waals surface area (Å²) >= 11 is 0. The van der Waals surface area contributed by atoms with Crippen LogP contribution in [0.4, 0.5) is 0 Å². The largest absolute Gasteiger partial charge is 0.437 e. The molecule has 1 aliphatic carbocycles. The Balaban J connectivity index is 2.32. The summed E-state index contributed by atoms with van der Waals surface area (Å²) in [5.74, 6) is -2.31. The van der Waals surface area contributed by atoms with Gasteiger partial charge >= 0.3 is 11.9 Å². The van der Waals surface area contributed by atoms with Crippen molar-refractivity contribution < 1.29 is 28.7 Å². The first-order valence-corrected chi connectivity index (χ1v) is 8.37. The fraction of sp³-hybridized carbons (Fsp3) is 0.238. The summed E-state index contributed by atoms with van der Waals surface area (Å²) in [5.41, 5.74) is -0.514. The van der Waals surface area contributed by atoms with E-state index in [-0.39, 0.29) is 22.4 Å². The van der Waals surface area contributed by atoms with Crippen LogP contribution in [0.25, 0.3) is 0 Å². The zero-order chi connectivity index (χ0) is 19.9. The van der Waals surface area contributed by atoms with E-state index in [1.165, 1.54) is 19.1 Å². The van der Waals surface area contributed by atoms with Crippen molar-refractivity contribution in [2.24, 2.45) is 0 Å². The quantitative estimate of drug-likeness (QED) is 0.471. The third kappa shape index (κ3) is 2.83. The number of ketones is 2. The number of aryl methyl sites for hydroxylation is 1. The molecule has 0 heterocycles. The molecule has 0 saturated carbocycles. The summed E-state index contributed by atoms with van der Waals surface area (Å²) in [6.07, 6.45) is 0. The molecule has 0 saturated heterocycles. The molecule has 0 unspecified atom stereocenters. The Morgan fingerprint density at radius 3 is 1.93 bits per heavy atom. The van der Waals surface area contributed by atoms with Crippen molar-refractivity contribution in [3.8, 4) is 5.75 Å². The van der Waals surface area contributed by atoms with Crippen LogP contribution in [-0.2, 0) is 19.9 Å². The number of carbonyl (C=O) groups is 4. The van der Waals surface area contributed by atoms with Crippen LogP contribution in [0.1, 0.15) is 51.3 Å². The van der Waals surface area contributed by atoms with Crippen LogP contribution in [0, 0.1) is 13.8 Å². The Kier molecular flexibility index (Phi) is 4.43. The first-order valence-electron chi connectivity index (χ1n) is 8.37. The lowest BCUT2D eigenvalue weighted by Crippen LogP contribution is -2.43. The van der Waals surface area contributed by atoms with Gasteiger partial charge in [-0.3, -0.25) is 19.2 Å². The van der Waals surface area contributed by atoms with Gasteiger partial charge in [-0.1, -0.05) is 30.3 Å². The van der Waals surface area contributed by atoms with E-state index in [4.69, 9.17) is 9.47 Å². The zero-order valence-electron chi connectivity index (χ0n) is 15.4. The molecule has 0 aromatic heterocycles. The summed E-state index contributed by atoms with van der Waals surface area (Å²) in [6.45, 7) is 5.74. The molecule has 1 aliphatic rings. The predicted octanol–water partition coefficient (Wildman–Crippen LogP) is 3.07. The van der Waals surface area contributed by atoms with Gasteiger partial charge < -0.3 is 9.47 Å². The lowest BCUT2D eigenvalue weighted by Gasteiger charge is -2.28. The highest BCUT2D eigenvalue weighted by Crippen LogP contribution is 2.44. The standard InChI is InChI=1S/C21H18O6/c1-11-9-17(12(2)18(10-11)26-13(3)22)21(27-14(4)23)19(24)15-7-5-6-8-16(15)20(21)25/h5-10H,1-4H3. The van der Waals surface area contributed by atoms with Gasteiger partial charge in [0.15, 0.2) is 0 Å². The molecule has 2 aromatic rings. The molecule has 138 valence electrons. The third-order valence-electron chi connectivity index (χ3n) is 4.49. The molecule has 0 amide bonds. The fourth-order valence-corrected chi connectivity index (χ4v) is 3.42. The minimum Gasteiger partial charge on any atom is -0.437 e. The van der Waals surface area contributed by atoms with Gasteiger partial charge in [0.25, 0.3) is 5.60 Å². The number of hydrogen-bond acceptors (Lipinski definition) is 6. The number of ether oxygens (including phenoxy) is 2. The van der Waals surface area contributed by atoms with Crippen LogP contribution in [-0.4, -0.2) is 23.5 Å². The highest BCUT2D eigenvalue weighted by Gasteiger charge is 2.58. The van der Waals surface area contributed by atoms with E-state index in [2.05, 4.69) is 0 Å². The van der Waals surface area contributed by atoms with Gasteiger partial charge in [-0.2, -0.15) is 0 Å². The Morgan fingerprint density at radius 2 is 1.44 bits per heavy atom. The summed E-state index contributed by atoms with van der Waals surface area (Å²) < 4.78 is 10.6. The van der Waals surface area contributed by atoms with E-state index in [0.717, 1.165) is 6.92 Å². The highest BCUT2D eigenvalue weighted by molar-refractivity contribution is 6.32. The summed E-state index contributed by atoms with van der Waals surface area (Å²) in [4.78, 5) is 49.8. The van der Waals surface area contributed by atoms with E-state index < -0.39 is 29.1 Å². The van der Waals surface area contributed by atoms with Crippen molar-refractivity contribution in [2.75, 3.05) is 0 Å². The Labute approximate surface area is 156 Å². The van der Waals surface area contributed by atoms with Crippen LogP contribution >= 0.6 is 0 Å². The van der Waals surface area contributed by atoms with Crippen molar-refractivity contribution in [1.29, 1.82) is 0 Å². The Hall–Kier alpha value is -3.28. The maximum Gasteiger partial charge on any atom is 0.308 e. The number of fused-ring (bicyclic) bond motifs is 1. The number of carbonyl (C=O) groups excluding carboxylic acids is 4. The molecule has 0 spiro atoms. The molecule has 6 heteroatoms. The van der Waals surface area contributed by atoms with E-state index in [0.29, 0.717) is 11.1 Å². The van der Waals surface area contributed by atoms with Gasteiger partial charge in [0.2, 0.25) is 11.6 Å². The molecule has 0 aliphatic heterocycles. The predicted molar refractivity (Wildman–Crippen MR) is 95.8 cm³/mol. The normalized spacial score (nSPS) is 14.7. The van der Waals surface area contributed by atoms with Crippen LogP contribution in [0.2, 0.25) is 0 Å². The van der Waals surface area contributed by atoms with Crippen molar-refractivity contribution in [1.82, 2.24) is 0 Å². The van der Waals surface area contributed by atoms with Crippen LogP contribution in [0.5, 0.6) is 5.75 Å². The third-order valence-corrected chi connectivity index (χ3v) is 4.49. The molecular formula is C21H18O6. The van der Waals surface area contributed by atoms with Gasteiger partial charge in [0, 0.05) is 30.5 Å². The summed E-state index contributed by atoms with van der Waals surface area (Å²) in [5, 5.41) is 0. The maximum absolute atomic E-state index is 13.3. The fourth-order valence-electron chi connectivity index (χ4n) is 3.42. The second-order valence-corrected chi connectivity index (χ2v) is 6.51. The van der Waals surface area contributed by atoms with Gasteiger partial charge in [-0.05, 0) is 31.0 Å². The van der Waals surface area contributed by atoms with E-state index in [9.17, 15) is 19.2 Å². The van der Waals surface area contributed by atoms with Gasteiger partial charge in [-0.15, -0.1) is 0 Å². The van der Waals surface area contributed by atoms with Gasteiger partial charge in [0.1, 0.15) is 5.75 Å². The second kappa shape index (κ2) is 6.46. The van der Waals surface area contributed by atoms with Crippen LogP contribution in [0.15, 0.2) is 36.4 Å². The van der Waals surface area contributed by atoms with Gasteiger partial charge in [0.05, 0.1) is 0 Å². The van der Waals surface area contributed by atoms with Crippen molar-refractivity contribution in [3.63, 3.8) is 0 Å². The Morgan fingerprint density at radius 1 is 0.889 bits per heavy atom. The first kappa shape index (κ1) is 18.5. The monoisotopic (exact) mass is 366 g/mol. The minimum absolute atomic E-state index is 0.193. The zero-order valence-corrected chi connectivity index (χ0v) is 15.4. The molecule has 3 rings (SSSR count). The summed E-state index contributed by atoms with van der Waals surface area (Å²) in [6, 6.07) is 9.56.